The van der Waals surface area contributed by atoms with E-state index in [9.17, 15) is 0 Å². The molecule has 0 aliphatic rings. The first kappa shape index (κ1) is 14.4. The minimum atomic E-state index is 0.473. The monoisotopic (exact) mass is 308 g/mol. The van der Waals surface area contributed by atoms with Crippen molar-refractivity contribution in [1.82, 2.24) is 14.9 Å². The molecule has 4 nitrogen and oxygen atoms in total. The highest BCUT2D eigenvalue weighted by Gasteiger charge is 2.08. The maximum atomic E-state index is 5.29. The average molecular weight is 308 g/mol. The third kappa shape index (κ3) is 2.89. The molecular formula is C17H16N4S. The molecule has 1 N–H and O–H groups in total. The van der Waals surface area contributed by atoms with Crippen molar-refractivity contribution in [3.05, 3.63) is 70.0 Å². The predicted octanol–water partition coefficient (Wildman–Crippen LogP) is 4.11. The highest BCUT2D eigenvalue weighted by Crippen LogP contribution is 2.18. The third-order valence-corrected chi connectivity index (χ3v) is 3.69. The first-order chi connectivity index (χ1) is 10.6. The van der Waals surface area contributed by atoms with Gasteiger partial charge >= 0.3 is 0 Å². The van der Waals surface area contributed by atoms with E-state index in [4.69, 9.17) is 12.2 Å². The van der Waals surface area contributed by atoms with Gasteiger partial charge in [-0.2, -0.15) is 14.9 Å². The second kappa shape index (κ2) is 6.07. The van der Waals surface area contributed by atoms with Crippen LogP contribution in [0.25, 0.3) is 11.4 Å². The van der Waals surface area contributed by atoms with E-state index < -0.39 is 0 Å². The smallest absolute Gasteiger partial charge is 0.216 e. The number of benzene rings is 2. The normalized spacial score (nSPS) is 11.2. The van der Waals surface area contributed by atoms with E-state index in [0.717, 1.165) is 11.1 Å². The van der Waals surface area contributed by atoms with Crippen molar-refractivity contribution in [1.29, 1.82) is 0 Å². The summed E-state index contributed by atoms with van der Waals surface area (Å²) >= 11 is 5.29. The SMILES string of the molecule is Cc1cccc(-c2n[nH]c(=S)n2/N=C\c2ccccc2C)c1. The molecule has 0 bridgehead atoms. The maximum absolute atomic E-state index is 5.29. The molecule has 110 valence electrons. The molecule has 5 heteroatoms. The quantitative estimate of drug-likeness (QED) is 0.584. The largest absolute Gasteiger partial charge is 0.250 e. The van der Waals surface area contributed by atoms with Crippen molar-refractivity contribution in [2.24, 2.45) is 5.10 Å². The van der Waals surface area contributed by atoms with E-state index >= 15 is 0 Å². The zero-order valence-corrected chi connectivity index (χ0v) is 13.3. The molecule has 0 saturated heterocycles. The number of aromatic amines is 1. The third-order valence-electron chi connectivity index (χ3n) is 3.43. The van der Waals surface area contributed by atoms with Crippen LogP contribution >= 0.6 is 12.2 Å². The molecule has 0 fully saturated rings. The summed E-state index contributed by atoms with van der Waals surface area (Å²) in [5.74, 6) is 0.707. The summed E-state index contributed by atoms with van der Waals surface area (Å²) in [6, 6.07) is 16.2. The lowest BCUT2D eigenvalue weighted by molar-refractivity contribution is 0.871. The van der Waals surface area contributed by atoms with Crippen molar-refractivity contribution in [2.45, 2.75) is 13.8 Å². The Morgan fingerprint density at radius 3 is 2.73 bits per heavy atom. The number of rotatable bonds is 3. The number of aromatic nitrogens is 3. The average Bonchev–Trinajstić information content (AvgIpc) is 2.87. The molecule has 0 aliphatic carbocycles. The summed E-state index contributed by atoms with van der Waals surface area (Å²) < 4.78 is 2.12. The van der Waals surface area contributed by atoms with Gasteiger partial charge in [-0.1, -0.05) is 48.0 Å². The van der Waals surface area contributed by atoms with Gasteiger partial charge in [0.25, 0.3) is 0 Å². The summed E-state index contributed by atoms with van der Waals surface area (Å²) in [6.07, 6.45) is 1.81. The van der Waals surface area contributed by atoms with E-state index in [0.29, 0.717) is 10.6 Å². The molecule has 0 spiro atoms. The molecule has 1 aromatic heterocycles. The Balaban J connectivity index is 2.04. The standard InChI is InChI=1S/C17H16N4S/c1-12-6-5-9-14(10-12)16-19-20-17(22)21(16)18-11-15-8-4-3-7-13(15)2/h3-11H,1-2H3,(H,20,22)/b18-11-. The van der Waals surface area contributed by atoms with Gasteiger partial charge in [0, 0.05) is 5.56 Å². The molecular weight excluding hydrogens is 292 g/mol. The molecule has 22 heavy (non-hydrogen) atoms. The zero-order chi connectivity index (χ0) is 15.5. The van der Waals surface area contributed by atoms with E-state index in [1.807, 2.05) is 43.3 Å². The van der Waals surface area contributed by atoms with E-state index in [-0.39, 0.29) is 0 Å². The van der Waals surface area contributed by atoms with Gasteiger partial charge in [0.1, 0.15) is 0 Å². The van der Waals surface area contributed by atoms with Crippen LogP contribution in [0.4, 0.5) is 0 Å². The second-order valence-electron chi connectivity index (χ2n) is 5.13. The lowest BCUT2D eigenvalue weighted by atomic mass is 10.1. The Morgan fingerprint density at radius 2 is 1.95 bits per heavy atom. The Morgan fingerprint density at radius 1 is 1.14 bits per heavy atom. The summed E-state index contributed by atoms with van der Waals surface area (Å²) in [4.78, 5) is 0. The molecule has 0 amide bonds. The number of aryl methyl sites for hydroxylation is 2. The van der Waals surface area contributed by atoms with Crippen LogP contribution < -0.4 is 0 Å². The van der Waals surface area contributed by atoms with Gasteiger partial charge < -0.3 is 0 Å². The van der Waals surface area contributed by atoms with Gasteiger partial charge in [-0.25, -0.2) is 5.10 Å². The Bertz CT molecular complexity index is 889. The molecule has 3 aromatic rings. The van der Waals surface area contributed by atoms with Crippen LogP contribution in [-0.2, 0) is 0 Å². The number of nitrogens with zero attached hydrogens (tertiary/aromatic N) is 3. The van der Waals surface area contributed by atoms with Crippen LogP contribution in [0.15, 0.2) is 53.6 Å². The minimum absolute atomic E-state index is 0.473. The van der Waals surface area contributed by atoms with Crippen molar-refractivity contribution in [3.63, 3.8) is 0 Å². The van der Waals surface area contributed by atoms with E-state index in [2.05, 4.69) is 34.4 Å². The van der Waals surface area contributed by atoms with Crippen molar-refractivity contribution < 1.29 is 0 Å². The van der Waals surface area contributed by atoms with Crippen molar-refractivity contribution >= 4 is 18.4 Å². The Hall–Kier alpha value is -2.53. The molecule has 0 radical (unpaired) electrons. The Labute approximate surface area is 134 Å². The second-order valence-corrected chi connectivity index (χ2v) is 5.52. The fourth-order valence-corrected chi connectivity index (χ4v) is 2.40. The van der Waals surface area contributed by atoms with E-state index in [1.165, 1.54) is 11.1 Å². The van der Waals surface area contributed by atoms with Crippen molar-refractivity contribution in [3.8, 4) is 11.4 Å². The number of H-pyrrole nitrogens is 1. The van der Waals surface area contributed by atoms with Gasteiger partial charge in [-0.3, -0.25) is 0 Å². The number of hydrogen-bond acceptors (Lipinski definition) is 3. The Kier molecular flexibility index (Phi) is 3.98. The van der Waals surface area contributed by atoms with Crippen LogP contribution in [0, 0.1) is 18.6 Å². The molecule has 2 aromatic carbocycles. The predicted molar refractivity (Wildman–Crippen MR) is 91.8 cm³/mol. The molecule has 0 atom stereocenters. The summed E-state index contributed by atoms with van der Waals surface area (Å²) in [7, 11) is 0. The summed E-state index contributed by atoms with van der Waals surface area (Å²) in [6.45, 7) is 4.10. The van der Waals surface area contributed by atoms with Crippen LogP contribution in [0.5, 0.6) is 0 Å². The number of hydrogen-bond donors (Lipinski definition) is 1. The zero-order valence-electron chi connectivity index (χ0n) is 12.4. The first-order valence-corrected chi connectivity index (χ1v) is 7.40. The minimum Gasteiger partial charge on any atom is -0.250 e. The number of nitrogens with one attached hydrogen (secondary N) is 1. The van der Waals surface area contributed by atoms with Gasteiger partial charge in [-0.05, 0) is 43.3 Å². The van der Waals surface area contributed by atoms with Gasteiger partial charge in [0.15, 0.2) is 5.82 Å². The highest BCUT2D eigenvalue weighted by molar-refractivity contribution is 7.71. The van der Waals surface area contributed by atoms with Gasteiger partial charge in [0.2, 0.25) is 4.77 Å². The van der Waals surface area contributed by atoms with Crippen LogP contribution in [0.3, 0.4) is 0 Å². The van der Waals surface area contributed by atoms with E-state index in [1.54, 1.807) is 10.9 Å². The van der Waals surface area contributed by atoms with Crippen LogP contribution in [0.2, 0.25) is 0 Å². The fourth-order valence-electron chi connectivity index (χ4n) is 2.22. The van der Waals surface area contributed by atoms with Crippen molar-refractivity contribution in [2.75, 3.05) is 0 Å². The fraction of sp³-hybridized carbons (Fsp3) is 0.118. The molecule has 1 heterocycles. The first-order valence-electron chi connectivity index (χ1n) is 6.99. The van der Waals surface area contributed by atoms with Gasteiger partial charge in [-0.15, -0.1) is 0 Å². The highest BCUT2D eigenvalue weighted by atomic mass is 32.1. The molecule has 3 rings (SSSR count). The lowest BCUT2D eigenvalue weighted by Gasteiger charge is -2.03. The summed E-state index contributed by atoms with van der Waals surface area (Å²) in [5, 5.41) is 11.6. The molecule has 0 unspecified atom stereocenters. The maximum Gasteiger partial charge on any atom is 0.216 e. The lowest BCUT2D eigenvalue weighted by Crippen LogP contribution is -1.96. The molecule has 0 aliphatic heterocycles. The van der Waals surface area contributed by atoms with Crippen LogP contribution in [0.1, 0.15) is 16.7 Å². The van der Waals surface area contributed by atoms with Crippen LogP contribution in [-0.4, -0.2) is 21.1 Å². The molecule has 0 saturated carbocycles. The topological polar surface area (TPSA) is 46.0 Å². The summed E-state index contributed by atoms with van der Waals surface area (Å²) in [5.41, 5.74) is 4.37. The van der Waals surface area contributed by atoms with Gasteiger partial charge in [0.05, 0.1) is 6.21 Å².